The van der Waals surface area contributed by atoms with Gasteiger partial charge in [-0.3, -0.25) is 0 Å². The summed E-state index contributed by atoms with van der Waals surface area (Å²) in [4.78, 5) is 7.65. The fourth-order valence-corrected chi connectivity index (χ4v) is 5.74. The molecule has 5 rings (SSSR count). The summed E-state index contributed by atoms with van der Waals surface area (Å²) in [6.07, 6.45) is -3.06. The first kappa shape index (κ1) is 30.4. The van der Waals surface area contributed by atoms with Crippen LogP contribution in [0.3, 0.4) is 0 Å². The zero-order chi connectivity index (χ0) is 31.4. The Hall–Kier alpha value is -4.07. The molecule has 0 amide bonds. The number of aliphatic hydroxyl groups excluding tert-OH is 1. The number of halogens is 6. The Morgan fingerprint density at radius 1 is 0.953 bits per heavy atom. The van der Waals surface area contributed by atoms with Crippen molar-refractivity contribution in [2.45, 2.75) is 31.5 Å². The van der Waals surface area contributed by atoms with Gasteiger partial charge in [-0.2, -0.15) is 13.2 Å². The average molecular weight is 638 g/mol. The predicted octanol–water partition coefficient (Wildman–Crippen LogP) is 7.32. The number of rotatable bonds is 6. The Morgan fingerprint density at radius 2 is 1.63 bits per heavy atom. The van der Waals surface area contributed by atoms with E-state index in [4.69, 9.17) is 16.0 Å². The lowest BCUT2D eigenvalue weighted by Crippen LogP contribution is -2.06. The van der Waals surface area contributed by atoms with Gasteiger partial charge in [-0.05, 0) is 60.5 Å². The van der Waals surface area contributed by atoms with E-state index in [0.29, 0.717) is 0 Å². The number of imidazole rings is 1. The molecule has 0 aliphatic carbocycles. The van der Waals surface area contributed by atoms with Crippen LogP contribution in [0.4, 0.5) is 22.0 Å². The number of hydrogen-bond acceptors (Lipinski definition) is 6. The van der Waals surface area contributed by atoms with Crippen molar-refractivity contribution in [3.8, 4) is 39.4 Å². The molecule has 43 heavy (non-hydrogen) atoms. The molecule has 0 saturated carbocycles. The highest BCUT2D eigenvalue weighted by atomic mass is 35.5. The van der Waals surface area contributed by atoms with Crippen LogP contribution in [0.25, 0.3) is 39.4 Å². The van der Waals surface area contributed by atoms with Gasteiger partial charge in [0.2, 0.25) is 0 Å². The third-order valence-electron chi connectivity index (χ3n) is 6.65. The lowest BCUT2D eigenvalue weighted by atomic mass is 9.97. The quantitative estimate of drug-likeness (QED) is 0.196. The minimum Gasteiger partial charge on any atom is -0.440 e. The van der Waals surface area contributed by atoms with E-state index in [-0.39, 0.29) is 56.1 Å². The first-order valence-electron chi connectivity index (χ1n) is 12.4. The van der Waals surface area contributed by atoms with E-state index in [9.17, 15) is 31.1 Å². The molecule has 3 aromatic carbocycles. The maximum atomic E-state index is 15.0. The van der Waals surface area contributed by atoms with Crippen LogP contribution in [0.5, 0.6) is 0 Å². The molecular weight excluding hydrogens is 617 g/mol. The van der Waals surface area contributed by atoms with Crippen molar-refractivity contribution in [1.29, 1.82) is 0 Å². The second-order valence-electron chi connectivity index (χ2n) is 9.68. The molecule has 1 N–H and O–H groups in total. The third kappa shape index (κ3) is 5.79. The summed E-state index contributed by atoms with van der Waals surface area (Å²) in [6.45, 7) is 2.03. The lowest BCUT2D eigenvalue weighted by Gasteiger charge is -2.15. The van der Waals surface area contributed by atoms with Crippen LogP contribution in [0.2, 0.25) is 5.02 Å². The zero-order valence-corrected chi connectivity index (χ0v) is 24.2. The minimum absolute atomic E-state index is 0.0154. The van der Waals surface area contributed by atoms with Crippen molar-refractivity contribution in [2.24, 2.45) is 0 Å². The molecule has 2 heterocycles. The highest BCUT2D eigenvalue weighted by molar-refractivity contribution is 7.90. The van der Waals surface area contributed by atoms with Crippen molar-refractivity contribution < 1.29 is 39.9 Å². The van der Waals surface area contributed by atoms with Gasteiger partial charge in [0, 0.05) is 36.1 Å². The number of nitrogens with zero attached hydrogens (tertiary/aromatic N) is 3. The van der Waals surface area contributed by atoms with Crippen molar-refractivity contribution in [2.75, 3.05) is 6.26 Å². The van der Waals surface area contributed by atoms with Gasteiger partial charge >= 0.3 is 6.18 Å². The normalized spacial score (nSPS) is 12.2. The number of aryl methyl sites for hydroxylation is 2. The summed E-state index contributed by atoms with van der Waals surface area (Å²) >= 11 is 5.85. The molecule has 2 aromatic heterocycles. The molecule has 0 unspecified atom stereocenters. The van der Waals surface area contributed by atoms with Crippen LogP contribution >= 0.6 is 11.6 Å². The van der Waals surface area contributed by atoms with Crippen LogP contribution in [0, 0.1) is 25.5 Å². The smallest absolute Gasteiger partial charge is 0.434 e. The van der Waals surface area contributed by atoms with Gasteiger partial charge < -0.3 is 14.1 Å². The lowest BCUT2D eigenvalue weighted by molar-refractivity contribution is -0.141. The largest absolute Gasteiger partial charge is 0.440 e. The summed E-state index contributed by atoms with van der Waals surface area (Å²) < 4.78 is 102. The Bertz CT molecular complexity index is 2000. The number of hydrogen-bond donors (Lipinski definition) is 1. The Morgan fingerprint density at radius 3 is 2.23 bits per heavy atom. The molecule has 0 radical (unpaired) electrons. The van der Waals surface area contributed by atoms with E-state index in [0.717, 1.165) is 24.6 Å². The SMILES string of the molecule is Cc1nc(-c2cc(-c3cc(F)c(CO)c(S(C)(=O)=O)c3)ccc2-n2cc(C(F)(F)F)nc2C)c(-c2ccc(Cl)c(F)c2)o1. The van der Waals surface area contributed by atoms with Gasteiger partial charge in [-0.15, -0.1) is 0 Å². The summed E-state index contributed by atoms with van der Waals surface area (Å²) in [5.41, 5.74) is -0.508. The second kappa shape index (κ2) is 10.9. The third-order valence-corrected chi connectivity index (χ3v) is 8.11. The maximum Gasteiger partial charge on any atom is 0.434 e. The highest BCUT2D eigenvalue weighted by Gasteiger charge is 2.35. The fraction of sp³-hybridized carbons (Fsp3) is 0.172. The standard InChI is InChI=1S/C29H21ClF5N3O4S/c1-14-36-26(29(33,34)35)12-38(14)24-7-5-16(18-10-22(31)20(13-39)25(11-18)43(3,40)41)8-19(24)27-28(42-15(2)37-27)17-4-6-21(30)23(32)9-17/h4-12,39H,13H2,1-3H3. The van der Waals surface area contributed by atoms with Gasteiger partial charge in [-0.1, -0.05) is 17.7 Å². The first-order valence-corrected chi connectivity index (χ1v) is 14.7. The average Bonchev–Trinajstić information content (AvgIpc) is 3.51. The molecule has 0 aliphatic rings. The molecular formula is C29H21ClF5N3O4S. The van der Waals surface area contributed by atoms with Crippen LogP contribution in [0.15, 0.2) is 64.0 Å². The number of oxazole rings is 1. The molecule has 224 valence electrons. The van der Waals surface area contributed by atoms with Gasteiger partial charge in [-0.25, -0.2) is 27.2 Å². The van der Waals surface area contributed by atoms with E-state index < -0.39 is 50.4 Å². The van der Waals surface area contributed by atoms with Crippen LogP contribution < -0.4 is 0 Å². The van der Waals surface area contributed by atoms with Crippen molar-refractivity contribution in [3.63, 3.8) is 0 Å². The van der Waals surface area contributed by atoms with E-state index in [2.05, 4.69) is 9.97 Å². The Labute approximate surface area is 247 Å². The molecule has 0 aliphatic heterocycles. The van der Waals surface area contributed by atoms with E-state index in [1.165, 1.54) is 54.8 Å². The summed E-state index contributed by atoms with van der Waals surface area (Å²) in [6, 6.07) is 10.5. The predicted molar refractivity (Wildman–Crippen MR) is 148 cm³/mol. The van der Waals surface area contributed by atoms with E-state index >= 15 is 4.39 Å². The van der Waals surface area contributed by atoms with E-state index in [1.54, 1.807) is 0 Å². The van der Waals surface area contributed by atoms with Gasteiger partial charge in [0.25, 0.3) is 0 Å². The first-order chi connectivity index (χ1) is 20.1. The molecule has 14 heteroatoms. The number of aliphatic hydroxyl groups is 1. The highest BCUT2D eigenvalue weighted by Crippen LogP contribution is 2.40. The molecule has 0 bridgehead atoms. The maximum absolute atomic E-state index is 15.0. The molecule has 0 spiro atoms. The number of aromatic nitrogens is 3. The van der Waals surface area contributed by atoms with Gasteiger partial charge in [0.15, 0.2) is 27.2 Å². The fourth-order valence-electron chi connectivity index (χ4n) is 4.67. The molecule has 7 nitrogen and oxygen atoms in total. The van der Waals surface area contributed by atoms with Crippen LogP contribution in [-0.2, 0) is 22.6 Å². The number of sulfone groups is 1. The topological polar surface area (TPSA) is 98.2 Å². The van der Waals surface area contributed by atoms with Crippen LogP contribution in [-0.4, -0.2) is 34.3 Å². The van der Waals surface area contributed by atoms with Gasteiger partial charge in [0.1, 0.15) is 23.2 Å². The summed E-state index contributed by atoms with van der Waals surface area (Å²) in [5, 5.41) is 9.45. The van der Waals surface area contributed by atoms with Crippen molar-refractivity contribution >= 4 is 21.4 Å². The monoisotopic (exact) mass is 637 g/mol. The number of benzene rings is 3. The minimum atomic E-state index is -4.74. The molecule has 0 atom stereocenters. The van der Waals surface area contributed by atoms with Crippen molar-refractivity contribution in [1.82, 2.24) is 14.5 Å². The molecule has 0 fully saturated rings. The molecule has 0 saturated heterocycles. The summed E-state index contributed by atoms with van der Waals surface area (Å²) in [7, 11) is -3.97. The van der Waals surface area contributed by atoms with Gasteiger partial charge in [0.05, 0.1) is 22.2 Å². The summed E-state index contributed by atoms with van der Waals surface area (Å²) in [5.74, 6) is -1.52. The zero-order valence-electron chi connectivity index (χ0n) is 22.6. The number of alkyl halides is 3. The van der Waals surface area contributed by atoms with Crippen LogP contribution in [0.1, 0.15) is 23.0 Å². The second-order valence-corrected chi connectivity index (χ2v) is 12.1. The molecule has 5 aromatic rings. The Kier molecular flexibility index (Phi) is 7.69. The van der Waals surface area contributed by atoms with E-state index in [1.807, 2.05) is 0 Å². The Balaban J connectivity index is 1.81. The van der Waals surface area contributed by atoms with Crippen molar-refractivity contribution in [3.05, 3.63) is 94.4 Å².